The number of anilines is 1. The summed E-state index contributed by atoms with van der Waals surface area (Å²) >= 11 is 0. The Morgan fingerprint density at radius 1 is 1.27 bits per heavy atom. The van der Waals surface area contributed by atoms with Crippen LogP contribution in [0, 0.1) is 0 Å². The van der Waals surface area contributed by atoms with Crippen molar-refractivity contribution in [2.24, 2.45) is 0 Å². The molecule has 3 amide bonds. The molecule has 1 unspecified atom stereocenters. The van der Waals surface area contributed by atoms with E-state index in [1.54, 1.807) is 29.8 Å². The van der Waals surface area contributed by atoms with Crippen molar-refractivity contribution in [3.63, 3.8) is 0 Å². The van der Waals surface area contributed by atoms with Gasteiger partial charge in [0.05, 0.1) is 6.61 Å². The van der Waals surface area contributed by atoms with Gasteiger partial charge >= 0.3 is 0 Å². The number of nitrogens with zero attached hydrogens (tertiary/aromatic N) is 2. The Bertz CT molecular complexity index is 748. The summed E-state index contributed by atoms with van der Waals surface area (Å²) in [6.07, 6.45) is 2.07. The summed E-state index contributed by atoms with van der Waals surface area (Å²) in [4.78, 5) is 40.8. The summed E-state index contributed by atoms with van der Waals surface area (Å²) in [5.74, 6) is -0.373. The average Bonchev–Trinajstić information content (AvgIpc) is 3.24. The molecule has 3 rings (SSSR count). The highest BCUT2D eigenvalue weighted by Crippen LogP contribution is 2.34. The fourth-order valence-electron chi connectivity index (χ4n) is 4.12. The fraction of sp³-hybridized carbons (Fsp3) is 0.526. The molecule has 1 saturated heterocycles. The average molecular weight is 359 g/mol. The molecule has 0 radical (unpaired) electrons. The summed E-state index contributed by atoms with van der Waals surface area (Å²) in [6.45, 7) is 2.87. The van der Waals surface area contributed by atoms with Gasteiger partial charge in [-0.15, -0.1) is 0 Å². The van der Waals surface area contributed by atoms with Crippen LogP contribution in [0.4, 0.5) is 5.69 Å². The fourth-order valence-corrected chi connectivity index (χ4v) is 4.12. The molecule has 0 aromatic heterocycles. The van der Waals surface area contributed by atoms with Crippen molar-refractivity contribution in [3.8, 4) is 0 Å². The molecule has 1 aromatic rings. The highest BCUT2D eigenvalue weighted by molar-refractivity contribution is 6.01. The van der Waals surface area contributed by atoms with Crippen LogP contribution in [0.5, 0.6) is 0 Å². The van der Waals surface area contributed by atoms with Crippen LogP contribution in [0.2, 0.25) is 0 Å². The van der Waals surface area contributed by atoms with E-state index in [1.165, 1.54) is 7.11 Å². The molecule has 0 bridgehead atoms. The number of rotatable bonds is 4. The number of amides is 3. The minimum Gasteiger partial charge on any atom is -0.382 e. The highest BCUT2D eigenvalue weighted by atomic mass is 16.5. The number of fused-ring (bicyclic) bond motifs is 1. The van der Waals surface area contributed by atoms with E-state index < -0.39 is 5.54 Å². The summed E-state index contributed by atoms with van der Waals surface area (Å²) in [5, 5.41) is 2.67. The topological polar surface area (TPSA) is 79.0 Å². The quantitative estimate of drug-likeness (QED) is 0.869. The van der Waals surface area contributed by atoms with Gasteiger partial charge in [0.25, 0.3) is 5.91 Å². The van der Waals surface area contributed by atoms with Gasteiger partial charge in [0.2, 0.25) is 11.8 Å². The Balaban J connectivity index is 1.91. The third-order valence-electron chi connectivity index (χ3n) is 5.37. The number of hydrogen-bond donors (Lipinski definition) is 1. The van der Waals surface area contributed by atoms with Crippen LogP contribution in [0.25, 0.3) is 0 Å². The number of carbonyl (C=O) groups excluding carboxylic acids is 3. The van der Waals surface area contributed by atoms with Gasteiger partial charge in [-0.25, -0.2) is 0 Å². The van der Waals surface area contributed by atoms with Gasteiger partial charge in [-0.3, -0.25) is 14.4 Å². The molecule has 140 valence electrons. The lowest BCUT2D eigenvalue weighted by atomic mass is 9.95. The monoisotopic (exact) mass is 359 g/mol. The largest absolute Gasteiger partial charge is 0.382 e. The first-order chi connectivity index (χ1) is 12.4. The molecule has 0 saturated carbocycles. The normalized spacial score (nSPS) is 21.7. The molecule has 2 aliphatic rings. The minimum atomic E-state index is -0.967. The van der Waals surface area contributed by atoms with Gasteiger partial charge in [-0.05, 0) is 43.0 Å². The van der Waals surface area contributed by atoms with Crippen LogP contribution >= 0.6 is 0 Å². The van der Waals surface area contributed by atoms with Gasteiger partial charge < -0.3 is 19.9 Å². The van der Waals surface area contributed by atoms with Crippen molar-refractivity contribution in [1.82, 2.24) is 10.2 Å². The summed E-state index contributed by atoms with van der Waals surface area (Å²) < 4.78 is 5.28. The maximum Gasteiger partial charge on any atom is 0.254 e. The Labute approximate surface area is 153 Å². The van der Waals surface area contributed by atoms with Crippen molar-refractivity contribution < 1.29 is 19.1 Å². The Kier molecular flexibility index (Phi) is 5.00. The van der Waals surface area contributed by atoms with E-state index in [0.29, 0.717) is 25.1 Å². The predicted octanol–water partition coefficient (Wildman–Crippen LogP) is 0.963. The van der Waals surface area contributed by atoms with E-state index in [-0.39, 0.29) is 24.3 Å². The third kappa shape index (κ3) is 2.86. The molecule has 2 aliphatic heterocycles. The van der Waals surface area contributed by atoms with Crippen LogP contribution in [0.3, 0.4) is 0 Å². The summed E-state index contributed by atoms with van der Waals surface area (Å²) in [7, 11) is 3.11. The first-order valence-corrected chi connectivity index (χ1v) is 8.88. The molecule has 1 aromatic carbocycles. The zero-order chi connectivity index (χ0) is 18.9. The SMILES string of the molecule is CNC(=O)C1(COC)CCCN1C(=O)c1ccc2c(c1)CCN2C(C)=O. The molecule has 7 heteroatoms. The van der Waals surface area contributed by atoms with Gasteiger partial charge in [-0.2, -0.15) is 0 Å². The number of nitrogens with one attached hydrogen (secondary N) is 1. The van der Waals surface area contributed by atoms with Gasteiger partial charge in [-0.1, -0.05) is 0 Å². The molecular formula is C19H25N3O4. The standard InChI is InChI=1S/C19H25N3O4/c1-13(23)21-10-7-14-11-15(5-6-16(14)21)17(24)22-9-4-8-19(22,12-26-3)18(25)20-2/h5-6,11H,4,7-10,12H2,1-3H3,(H,20,25). The first kappa shape index (κ1) is 18.4. The predicted molar refractivity (Wildman–Crippen MR) is 97.1 cm³/mol. The molecule has 1 atom stereocenters. The number of likely N-dealkylation sites (tertiary alicyclic amines) is 1. The number of hydrogen-bond acceptors (Lipinski definition) is 4. The Morgan fingerprint density at radius 3 is 2.69 bits per heavy atom. The van der Waals surface area contributed by atoms with Crippen LogP contribution in [0.15, 0.2) is 18.2 Å². The number of benzene rings is 1. The lowest BCUT2D eigenvalue weighted by molar-refractivity contribution is -0.133. The summed E-state index contributed by atoms with van der Waals surface area (Å²) in [5.41, 5.74) is 1.43. The lowest BCUT2D eigenvalue weighted by Crippen LogP contribution is -2.59. The van der Waals surface area contributed by atoms with E-state index in [0.717, 1.165) is 24.1 Å². The van der Waals surface area contributed by atoms with Crippen LogP contribution < -0.4 is 10.2 Å². The maximum absolute atomic E-state index is 13.2. The van der Waals surface area contributed by atoms with Gasteiger partial charge in [0.1, 0.15) is 5.54 Å². The third-order valence-corrected chi connectivity index (χ3v) is 5.37. The second kappa shape index (κ2) is 7.07. The van der Waals surface area contributed by atoms with Crippen molar-refractivity contribution in [1.29, 1.82) is 0 Å². The number of ether oxygens (including phenoxy) is 1. The zero-order valence-corrected chi connectivity index (χ0v) is 15.5. The Morgan fingerprint density at radius 2 is 2.04 bits per heavy atom. The van der Waals surface area contributed by atoms with E-state index >= 15 is 0 Å². The van der Waals surface area contributed by atoms with Crippen LogP contribution in [-0.2, 0) is 20.7 Å². The van der Waals surface area contributed by atoms with E-state index in [1.807, 2.05) is 12.1 Å². The number of methoxy groups -OCH3 is 1. The minimum absolute atomic E-state index is 0.00102. The maximum atomic E-state index is 13.2. The highest BCUT2D eigenvalue weighted by Gasteiger charge is 2.49. The number of likely N-dealkylation sites (N-methyl/N-ethyl adjacent to an activating group) is 1. The molecule has 1 fully saturated rings. The van der Waals surface area contributed by atoms with E-state index in [2.05, 4.69) is 5.32 Å². The second-order valence-electron chi connectivity index (χ2n) is 6.87. The molecule has 0 aliphatic carbocycles. The number of carbonyl (C=O) groups is 3. The van der Waals surface area contributed by atoms with E-state index in [9.17, 15) is 14.4 Å². The molecule has 0 spiro atoms. The van der Waals surface area contributed by atoms with Crippen molar-refractivity contribution in [2.45, 2.75) is 31.7 Å². The van der Waals surface area contributed by atoms with Gasteiger partial charge in [0, 0.05) is 45.4 Å². The first-order valence-electron chi connectivity index (χ1n) is 8.88. The van der Waals surface area contributed by atoms with E-state index in [4.69, 9.17) is 4.74 Å². The van der Waals surface area contributed by atoms with Crippen molar-refractivity contribution in [2.75, 3.05) is 38.8 Å². The molecule has 7 nitrogen and oxygen atoms in total. The Hall–Kier alpha value is -2.41. The van der Waals surface area contributed by atoms with Gasteiger partial charge in [0.15, 0.2) is 0 Å². The van der Waals surface area contributed by atoms with Crippen LogP contribution in [-0.4, -0.2) is 62.0 Å². The molecule has 26 heavy (non-hydrogen) atoms. The molecule has 1 N–H and O–H groups in total. The van der Waals surface area contributed by atoms with Crippen molar-refractivity contribution in [3.05, 3.63) is 29.3 Å². The smallest absolute Gasteiger partial charge is 0.254 e. The van der Waals surface area contributed by atoms with Crippen LogP contribution in [0.1, 0.15) is 35.7 Å². The lowest BCUT2D eigenvalue weighted by Gasteiger charge is -2.36. The summed E-state index contributed by atoms with van der Waals surface area (Å²) in [6, 6.07) is 5.41. The molecule has 2 heterocycles. The molecular weight excluding hydrogens is 334 g/mol. The van der Waals surface area contributed by atoms with Crippen molar-refractivity contribution >= 4 is 23.4 Å². The second-order valence-corrected chi connectivity index (χ2v) is 6.87. The zero-order valence-electron chi connectivity index (χ0n) is 15.5.